The van der Waals surface area contributed by atoms with Crippen LogP contribution in [-0.2, 0) is 6.42 Å². The summed E-state index contributed by atoms with van der Waals surface area (Å²) in [7, 11) is 0. The first kappa shape index (κ1) is 25.5. The molecule has 2 aromatic carbocycles. The van der Waals surface area contributed by atoms with Crippen LogP contribution in [0.1, 0.15) is 70.8 Å². The first-order valence-corrected chi connectivity index (χ1v) is 12.0. The number of alkyl halides is 3. The van der Waals surface area contributed by atoms with Crippen LogP contribution in [0.25, 0.3) is 11.1 Å². The van der Waals surface area contributed by atoms with Gasteiger partial charge in [-0.05, 0) is 72.4 Å². The molecule has 0 radical (unpaired) electrons. The maximum absolute atomic E-state index is 14.8. The molecule has 0 bridgehead atoms. The van der Waals surface area contributed by atoms with Crippen molar-refractivity contribution in [2.24, 2.45) is 17.8 Å². The van der Waals surface area contributed by atoms with Crippen molar-refractivity contribution in [1.29, 1.82) is 0 Å². The Labute approximate surface area is 193 Å². The predicted octanol–water partition coefficient (Wildman–Crippen LogP) is 9.10. The highest BCUT2D eigenvalue weighted by Crippen LogP contribution is 2.37. The van der Waals surface area contributed by atoms with Gasteiger partial charge in [-0.15, -0.1) is 13.2 Å². The average molecular weight is 469 g/mol. The second-order valence-corrected chi connectivity index (χ2v) is 9.46. The molecule has 0 N–H and O–H groups in total. The molecule has 0 spiro atoms. The Morgan fingerprint density at radius 1 is 0.939 bits per heavy atom. The molecule has 0 aromatic heterocycles. The van der Waals surface area contributed by atoms with E-state index >= 15 is 0 Å². The quantitative estimate of drug-likeness (QED) is 0.263. The van der Waals surface area contributed by atoms with Crippen LogP contribution < -0.4 is 4.74 Å². The zero-order valence-corrected chi connectivity index (χ0v) is 19.4. The van der Waals surface area contributed by atoms with Crippen molar-refractivity contribution in [1.82, 2.24) is 0 Å². The van der Waals surface area contributed by atoms with E-state index in [0.29, 0.717) is 23.8 Å². The van der Waals surface area contributed by atoms with Gasteiger partial charge in [0.2, 0.25) is 0 Å². The second-order valence-electron chi connectivity index (χ2n) is 9.46. The van der Waals surface area contributed by atoms with Gasteiger partial charge in [-0.3, -0.25) is 0 Å². The molecule has 0 aliphatic heterocycles. The van der Waals surface area contributed by atoms with Gasteiger partial charge < -0.3 is 4.74 Å². The fourth-order valence-corrected chi connectivity index (χ4v) is 5.11. The topological polar surface area (TPSA) is 9.23 Å². The fraction of sp³-hybridized carbons (Fsp3) is 0.556. The molecule has 0 saturated heterocycles. The Morgan fingerprint density at radius 2 is 1.55 bits per heavy atom. The average Bonchev–Trinajstić information content (AvgIpc) is 2.74. The molecule has 1 nitrogen and oxygen atoms in total. The fourth-order valence-electron chi connectivity index (χ4n) is 5.11. The molecule has 33 heavy (non-hydrogen) atoms. The van der Waals surface area contributed by atoms with Crippen LogP contribution in [-0.4, -0.2) is 6.36 Å². The highest BCUT2D eigenvalue weighted by molar-refractivity contribution is 5.66. The van der Waals surface area contributed by atoms with Gasteiger partial charge in [0.1, 0.15) is 17.4 Å². The minimum absolute atomic E-state index is 0.167. The summed E-state index contributed by atoms with van der Waals surface area (Å²) in [5.74, 6) is -0.119. The van der Waals surface area contributed by atoms with E-state index in [2.05, 4.69) is 18.6 Å². The van der Waals surface area contributed by atoms with Crippen LogP contribution in [0.4, 0.5) is 22.0 Å². The van der Waals surface area contributed by atoms with E-state index in [4.69, 9.17) is 0 Å². The van der Waals surface area contributed by atoms with E-state index in [9.17, 15) is 22.0 Å². The maximum atomic E-state index is 14.8. The zero-order chi connectivity index (χ0) is 24.0. The molecule has 182 valence electrons. The summed E-state index contributed by atoms with van der Waals surface area (Å²) < 4.78 is 70.4. The van der Waals surface area contributed by atoms with Crippen molar-refractivity contribution >= 4 is 0 Å². The van der Waals surface area contributed by atoms with E-state index in [1.165, 1.54) is 75.6 Å². The summed E-state index contributed by atoms with van der Waals surface area (Å²) in [6.45, 7) is 4.38. The Hall–Kier alpha value is -2.11. The standard InChI is InChI=1S/C27H33F5O/c1-3-4-5-6-19-7-9-21(10-8-19)18(2)15-20-16-24(28)26(25(29)17-20)22-11-13-23(14-12-22)33-27(30,31)32/h11-14,16-19,21H,3-10,15H2,1-2H3. The number of benzene rings is 2. The lowest BCUT2D eigenvalue weighted by atomic mass is 9.73. The number of ether oxygens (including phenoxy) is 1. The van der Waals surface area contributed by atoms with Crippen molar-refractivity contribution in [3.8, 4) is 16.9 Å². The molecular formula is C27H33F5O. The molecular weight excluding hydrogens is 435 g/mol. The Kier molecular flexibility index (Phi) is 8.77. The minimum Gasteiger partial charge on any atom is -0.406 e. The molecule has 1 aliphatic rings. The maximum Gasteiger partial charge on any atom is 0.573 e. The summed E-state index contributed by atoms with van der Waals surface area (Å²) in [6, 6.07) is 7.26. The van der Waals surface area contributed by atoms with E-state index in [1.807, 2.05) is 0 Å². The Bertz CT molecular complexity index is 859. The van der Waals surface area contributed by atoms with Crippen molar-refractivity contribution in [3.63, 3.8) is 0 Å². The van der Waals surface area contributed by atoms with Crippen LogP contribution in [0.2, 0.25) is 0 Å². The van der Waals surface area contributed by atoms with Gasteiger partial charge in [0.25, 0.3) is 0 Å². The van der Waals surface area contributed by atoms with Gasteiger partial charge >= 0.3 is 6.36 Å². The number of unbranched alkanes of at least 4 members (excludes halogenated alkanes) is 2. The summed E-state index contributed by atoms with van der Waals surface area (Å²) in [4.78, 5) is 0. The summed E-state index contributed by atoms with van der Waals surface area (Å²) in [5.41, 5.74) is 0.543. The van der Waals surface area contributed by atoms with E-state index in [1.54, 1.807) is 0 Å². The zero-order valence-electron chi connectivity index (χ0n) is 19.4. The molecule has 6 heteroatoms. The summed E-state index contributed by atoms with van der Waals surface area (Å²) in [5, 5.41) is 0. The molecule has 1 unspecified atom stereocenters. The molecule has 0 amide bonds. The summed E-state index contributed by atoms with van der Waals surface area (Å²) in [6.07, 6.45) is 5.80. The van der Waals surface area contributed by atoms with Crippen LogP contribution in [0.5, 0.6) is 5.75 Å². The molecule has 1 aliphatic carbocycles. The molecule has 0 heterocycles. The third kappa shape index (κ3) is 7.44. The third-order valence-corrected chi connectivity index (χ3v) is 6.95. The monoisotopic (exact) mass is 468 g/mol. The highest BCUT2D eigenvalue weighted by atomic mass is 19.4. The van der Waals surface area contributed by atoms with Gasteiger partial charge in [-0.2, -0.15) is 0 Å². The number of rotatable bonds is 9. The van der Waals surface area contributed by atoms with Gasteiger partial charge in [0, 0.05) is 0 Å². The van der Waals surface area contributed by atoms with Crippen molar-refractivity contribution in [2.75, 3.05) is 0 Å². The molecule has 2 aromatic rings. The van der Waals surface area contributed by atoms with Gasteiger partial charge in [0.05, 0.1) is 5.56 Å². The van der Waals surface area contributed by atoms with E-state index in [0.717, 1.165) is 18.1 Å². The van der Waals surface area contributed by atoms with Gasteiger partial charge in [-0.25, -0.2) is 8.78 Å². The van der Waals surface area contributed by atoms with Crippen molar-refractivity contribution < 1.29 is 26.7 Å². The van der Waals surface area contributed by atoms with E-state index in [-0.39, 0.29) is 11.1 Å². The van der Waals surface area contributed by atoms with Gasteiger partial charge in [-0.1, -0.05) is 64.5 Å². The largest absolute Gasteiger partial charge is 0.573 e. The predicted molar refractivity (Wildman–Crippen MR) is 121 cm³/mol. The minimum atomic E-state index is -4.81. The lowest BCUT2D eigenvalue weighted by Crippen LogP contribution is -2.21. The van der Waals surface area contributed by atoms with Crippen LogP contribution in [0.3, 0.4) is 0 Å². The van der Waals surface area contributed by atoms with Crippen LogP contribution in [0.15, 0.2) is 36.4 Å². The first-order chi connectivity index (χ1) is 15.7. The molecule has 1 saturated carbocycles. The smallest absolute Gasteiger partial charge is 0.406 e. The normalized spacial score (nSPS) is 20.0. The lowest BCUT2D eigenvalue weighted by Gasteiger charge is -2.32. The molecule has 1 atom stereocenters. The first-order valence-electron chi connectivity index (χ1n) is 12.0. The molecule has 1 fully saturated rings. The van der Waals surface area contributed by atoms with Crippen LogP contribution >= 0.6 is 0 Å². The highest BCUT2D eigenvalue weighted by Gasteiger charge is 2.31. The van der Waals surface area contributed by atoms with Crippen molar-refractivity contribution in [3.05, 3.63) is 53.6 Å². The van der Waals surface area contributed by atoms with E-state index < -0.39 is 23.7 Å². The number of hydrogen-bond donors (Lipinski definition) is 0. The van der Waals surface area contributed by atoms with Crippen molar-refractivity contribution in [2.45, 2.75) is 78.0 Å². The second kappa shape index (κ2) is 11.3. The lowest BCUT2D eigenvalue weighted by molar-refractivity contribution is -0.274. The Balaban J connectivity index is 1.61. The third-order valence-electron chi connectivity index (χ3n) is 6.95. The SMILES string of the molecule is CCCCCC1CCC(C(C)Cc2cc(F)c(-c3ccc(OC(F)(F)F)cc3)c(F)c2)CC1. The number of hydrogen-bond acceptors (Lipinski definition) is 1. The van der Waals surface area contributed by atoms with Crippen LogP contribution in [0, 0.1) is 29.4 Å². The number of halogens is 5. The van der Waals surface area contributed by atoms with Gasteiger partial charge in [0.15, 0.2) is 0 Å². The molecule has 3 rings (SSSR count). The summed E-state index contributed by atoms with van der Waals surface area (Å²) >= 11 is 0. The Morgan fingerprint density at radius 3 is 2.09 bits per heavy atom.